The van der Waals surface area contributed by atoms with Gasteiger partial charge >= 0.3 is 0 Å². The van der Waals surface area contributed by atoms with Crippen LogP contribution in [-0.4, -0.2) is 19.7 Å². The minimum atomic E-state index is 0.189. The van der Waals surface area contributed by atoms with Crippen molar-refractivity contribution < 1.29 is 0 Å². The summed E-state index contributed by atoms with van der Waals surface area (Å²) in [6, 6.07) is 1.53. The molecule has 4 nitrogen and oxygen atoms in total. The third-order valence-electron chi connectivity index (χ3n) is 1.94. The van der Waals surface area contributed by atoms with Crippen molar-refractivity contribution in [2.75, 3.05) is 0 Å². The SMILES string of the molecule is Cc1nc(C)n(-c2nc(Cl)c(Cl)cc2Cl)n1. The van der Waals surface area contributed by atoms with Crippen LogP contribution in [0.1, 0.15) is 11.6 Å². The molecule has 0 aliphatic heterocycles. The van der Waals surface area contributed by atoms with Gasteiger partial charge in [0.2, 0.25) is 0 Å². The van der Waals surface area contributed by atoms with Crippen LogP contribution < -0.4 is 0 Å². The van der Waals surface area contributed by atoms with E-state index in [1.807, 2.05) is 0 Å². The first-order valence-electron chi connectivity index (χ1n) is 4.41. The zero-order valence-corrected chi connectivity index (χ0v) is 10.8. The van der Waals surface area contributed by atoms with Crippen molar-refractivity contribution in [3.8, 4) is 5.82 Å². The Kier molecular flexibility index (Phi) is 3.06. The van der Waals surface area contributed by atoms with Crippen molar-refractivity contribution in [2.45, 2.75) is 13.8 Å². The fourth-order valence-electron chi connectivity index (χ4n) is 1.31. The summed E-state index contributed by atoms with van der Waals surface area (Å²) in [6.45, 7) is 3.59. The lowest BCUT2D eigenvalue weighted by atomic mass is 10.4. The topological polar surface area (TPSA) is 43.6 Å². The molecule has 2 aromatic rings. The van der Waals surface area contributed by atoms with Gasteiger partial charge in [0.1, 0.15) is 16.8 Å². The first-order valence-corrected chi connectivity index (χ1v) is 5.54. The average Bonchev–Trinajstić information content (AvgIpc) is 2.51. The Morgan fingerprint density at radius 2 is 1.75 bits per heavy atom. The number of aryl methyl sites for hydroxylation is 2. The highest BCUT2D eigenvalue weighted by atomic mass is 35.5. The van der Waals surface area contributed by atoms with Crippen LogP contribution in [-0.2, 0) is 0 Å². The van der Waals surface area contributed by atoms with Gasteiger partial charge in [0.25, 0.3) is 0 Å². The molecule has 0 aliphatic carbocycles. The van der Waals surface area contributed by atoms with Crippen LogP contribution in [0.5, 0.6) is 0 Å². The molecular formula is C9H7Cl3N4. The average molecular weight is 278 g/mol. The number of pyridine rings is 1. The highest BCUT2D eigenvalue weighted by molar-refractivity contribution is 6.42. The summed E-state index contributed by atoms with van der Waals surface area (Å²) in [5, 5.41) is 5.04. The molecular weight excluding hydrogens is 270 g/mol. The van der Waals surface area contributed by atoms with E-state index in [0.717, 1.165) is 0 Å². The van der Waals surface area contributed by atoms with Gasteiger partial charge < -0.3 is 0 Å². The number of hydrogen-bond donors (Lipinski definition) is 0. The van der Waals surface area contributed by atoms with E-state index >= 15 is 0 Å². The second-order valence-electron chi connectivity index (χ2n) is 3.18. The Hall–Kier alpha value is -0.840. The molecule has 0 atom stereocenters. The smallest absolute Gasteiger partial charge is 0.175 e. The molecule has 0 fully saturated rings. The van der Waals surface area contributed by atoms with Crippen molar-refractivity contribution in [2.24, 2.45) is 0 Å². The maximum absolute atomic E-state index is 6.02. The molecule has 2 rings (SSSR count). The van der Waals surface area contributed by atoms with Crippen molar-refractivity contribution >= 4 is 34.8 Å². The van der Waals surface area contributed by atoms with Crippen LogP contribution in [0, 0.1) is 13.8 Å². The standard InChI is InChI=1S/C9H7Cl3N4/c1-4-13-5(2)16(15-4)9-7(11)3-6(10)8(12)14-9/h3H,1-2H3. The van der Waals surface area contributed by atoms with Gasteiger partial charge in [0.15, 0.2) is 5.82 Å². The number of rotatable bonds is 1. The van der Waals surface area contributed by atoms with Crippen LogP contribution in [0.15, 0.2) is 6.07 Å². The molecule has 0 bridgehead atoms. The zero-order valence-electron chi connectivity index (χ0n) is 8.50. The fraction of sp³-hybridized carbons (Fsp3) is 0.222. The Bertz CT molecular complexity index is 550. The molecule has 0 unspecified atom stereocenters. The third kappa shape index (κ3) is 2.00. The van der Waals surface area contributed by atoms with Gasteiger partial charge in [0.05, 0.1) is 10.0 Å². The number of hydrogen-bond acceptors (Lipinski definition) is 3. The number of nitrogens with zero attached hydrogens (tertiary/aromatic N) is 4. The minimum absolute atomic E-state index is 0.189. The van der Waals surface area contributed by atoms with Crippen LogP contribution in [0.4, 0.5) is 0 Å². The fourth-order valence-corrected chi connectivity index (χ4v) is 1.88. The van der Waals surface area contributed by atoms with Crippen molar-refractivity contribution in [1.82, 2.24) is 19.7 Å². The Labute approximate surface area is 107 Å². The summed E-state index contributed by atoms with van der Waals surface area (Å²) < 4.78 is 1.53. The maximum Gasteiger partial charge on any atom is 0.175 e. The Morgan fingerprint density at radius 1 is 1.06 bits per heavy atom. The molecule has 0 N–H and O–H groups in total. The lowest BCUT2D eigenvalue weighted by molar-refractivity contribution is 0.804. The predicted octanol–water partition coefficient (Wildman–Crippen LogP) is 3.24. The van der Waals surface area contributed by atoms with Crippen molar-refractivity contribution in [3.05, 3.63) is 32.9 Å². The molecule has 0 aliphatic rings. The molecule has 0 spiro atoms. The van der Waals surface area contributed by atoms with Crippen molar-refractivity contribution in [1.29, 1.82) is 0 Å². The molecule has 2 heterocycles. The second kappa shape index (κ2) is 4.20. The largest absolute Gasteiger partial charge is 0.217 e. The minimum Gasteiger partial charge on any atom is -0.217 e. The summed E-state index contributed by atoms with van der Waals surface area (Å²) in [6.07, 6.45) is 0. The second-order valence-corrected chi connectivity index (χ2v) is 4.36. The lowest BCUT2D eigenvalue weighted by Gasteiger charge is -2.05. The maximum atomic E-state index is 6.02. The van der Waals surface area contributed by atoms with Gasteiger partial charge in [0, 0.05) is 0 Å². The van der Waals surface area contributed by atoms with Crippen LogP contribution in [0.2, 0.25) is 15.2 Å². The van der Waals surface area contributed by atoms with E-state index in [9.17, 15) is 0 Å². The molecule has 16 heavy (non-hydrogen) atoms. The highest BCUT2D eigenvalue weighted by Gasteiger charge is 2.13. The first kappa shape index (κ1) is 11.6. The van der Waals surface area contributed by atoms with E-state index in [0.29, 0.717) is 27.5 Å². The van der Waals surface area contributed by atoms with E-state index in [2.05, 4.69) is 15.1 Å². The monoisotopic (exact) mass is 276 g/mol. The third-order valence-corrected chi connectivity index (χ3v) is 2.89. The van der Waals surface area contributed by atoms with E-state index in [1.165, 1.54) is 10.7 Å². The van der Waals surface area contributed by atoms with Crippen LogP contribution >= 0.6 is 34.8 Å². The normalized spacial score (nSPS) is 10.8. The van der Waals surface area contributed by atoms with Gasteiger partial charge in [-0.25, -0.2) is 9.97 Å². The highest BCUT2D eigenvalue weighted by Crippen LogP contribution is 2.27. The van der Waals surface area contributed by atoms with Crippen LogP contribution in [0.3, 0.4) is 0 Å². The van der Waals surface area contributed by atoms with Crippen molar-refractivity contribution in [3.63, 3.8) is 0 Å². The molecule has 0 saturated carbocycles. The molecule has 2 aromatic heterocycles. The van der Waals surface area contributed by atoms with E-state index < -0.39 is 0 Å². The van der Waals surface area contributed by atoms with Gasteiger partial charge in [-0.2, -0.15) is 4.68 Å². The Balaban J connectivity index is 2.64. The van der Waals surface area contributed by atoms with E-state index in [4.69, 9.17) is 34.8 Å². The first-order chi connectivity index (χ1) is 7.49. The molecule has 0 amide bonds. The molecule has 0 saturated heterocycles. The summed E-state index contributed by atoms with van der Waals surface area (Å²) >= 11 is 17.6. The van der Waals surface area contributed by atoms with Gasteiger partial charge in [-0.3, -0.25) is 0 Å². The number of halogens is 3. The number of aromatic nitrogens is 4. The van der Waals surface area contributed by atoms with Gasteiger partial charge in [-0.1, -0.05) is 34.8 Å². The summed E-state index contributed by atoms with van der Waals surface area (Å²) in [5.74, 6) is 1.75. The van der Waals surface area contributed by atoms with E-state index in [-0.39, 0.29) is 5.15 Å². The van der Waals surface area contributed by atoms with Crippen LogP contribution in [0.25, 0.3) is 5.82 Å². The molecule has 0 aromatic carbocycles. The zero-order chi connectivity index (χ0) is 11.9. The predicted molar refractivity (Wildman–Crippen MR) is 63.7 cm³/mol. The Morgan fingerprint density at radius 3 is 2.31 bits per heavy atom. The summed E-state index contributed by atoms with van der Waals surface area (Å²) in [4.78, 5) is 8.24. The molecule has 7 heteroatoms. The molecule has 0 radical (unpaired) electrons. The van der Waals surface area contributed by atoms with Gasteiger partial charge in [-0.15, -0.1) is 5.10 Å². The van der Waals surface area contributed by atoms with E-state index in [1.54, 1.807) is 13.8 Å². The lowest BCUT2D eigenvalue weighted by Crippen LogP contribution is -2.03. The molecule has 84 valence electrons. The van der Waals surface area contributed by atoms with Gasteiger partial charge in [-0.05, 0) is 19.9 Å². The quantitative estimate of drug-likeness (QED) is 0.752. The summed E-state index contributed by atoms with van der Waals surface area (Å²) in [5.41, 5.74) is 0. The summed E-state index contributed by atoms with van der Waals surface area (Å²) in [7, 11) is 0.